The highest BCUT2D eigenvalue weighted by atomic mass is 31.2. The minimum Gasteiger partial charge on any atom is -0.462 e. The Labute approximate surface area is 530 Å². The number of carbonyl (C=O) groups is 4. The van der Waals surface area contributed by atoms with Crippen LogP contribution in [-0.4, -0.2) is 96.7 Å². The first-order valence-electron chi connectivity index (χ1n) is 35.6. The minimum atomic E-state index is -4.95. The maximum atomic E-state index is 13.0. The van der Waals surface area contributed by atoms with E-state index in [-0.39, 0.29) is 25.7 Å². The summed E-state index contributed by atoms with van der Waals surface area (Å²) in [4.78, 5) is 72.3. The standard InChI is InChI=1S/C68H132O17P2/c1-7-11-13-15-17-18-19-20-21-22-23-24-25-26-27-33-40-46-52-67(72)84-63(57-79-66(71)51-45-39-32-29-28-31-36-42-48-60(5)9-3)58-82-86(74,75)80-54-62(69)55-81-87(76,77)83-59-64(56-78-65(70)50-44-38-30-16-14-12-8-2)85-68(73)53-47-41-35-34-37-43-49-61(6)10-4/h60-64,69H,7-59H2,1-6H3,(H,74,75)(H,76,77)/t60?,61?,62-,63-,64-/m1/s1. The van der Waals surface area contributed by atoms with Gasteiger partial charge in [0, 0.05) is 25.7 Å². The molecule has 0 bridgehead atoms. The van der Waals surface area contributed by atoms with Crippen LogP contribution in [0.25, 0.3) is 0 Å². The second-order valence-electron chi connectivity index (χ2n) is 25.0. The van der Waals surface area contributed by atoms with Crippen molar-refractivity contribution in [2.75, 3.05) is 39.6 Å². The Bertz CT molecular complexity index is 1700. The molecule has 0 amide bonds. The van der Waals surface area contributed by atoms with Gasteiger partial charge in [0.15, 0.2) is 12.2 Å². The highest BCUT2D eigenvalue weighted by molar-refractivity contribution is 7.47. The lowest BCUT2D eigenvalue weighted by Crippen LogP contribution is -2.30. The summed E-state index contributed by atoms with van der Waals surface area (Å²) in [6.07, 6.45) is 44.6. The molecule has 17 nitrogen and oxygen atoms in total. The van der Waals surface area contributed by atoms with Gasteiger partial charge in [-0.15, -0.1) is 0 Å². The van der Waals surface area contributed by atoms with Crippen LogP contribution < -0.4 is 0 Å². The molecule has 0 aliphatic heterocycles. The van der Waals surface area contributed by atoms with E-state index in [0.717, 1.165) is 115 Å². The van der Waals surface area contributed by atoms with Crippen LogP contribution in [0.1, 0.15) is 343 Å². The molecule has 0 spiro atoms. The summed E-state index contributed by atoms with van der Waals surface area (Å²) in [5, 5.41) is 10.6. The van der Waals surface area contributed by atoms with Crippen LogP contribution >= 0.6 is 15.6 Å². The summed E-state index contributed by atoms with van der Waals surface area (Å²) in [5.74, 6) is -0.637. The van der Waals surface area contributed by atoms with Crippen LogP contribution in [0.4, 0.5) is 0 Å². The number of hydrogen-bond acceptors (Lipinski definition) is 15. The van der Waals surface area contributed by atoms with Crippen LogP contribution in [-0.2, 0) is 65.4 Å². The van der Waals surface area contributed by atoms with Crippen molar-refractivity contribution in [3.63, 3.8) is 0 Å². The molecule has 19 heteroatoms. The normalized spacial score (nSPS) is 14.8. The van der Waals surface area contributed by atoms with Gasteiger partial charge in [0.05, 0.1) is 26.4 Å². The predicted octanol–water partition coefficient (Wildman–Crippen LogP) is 19.2. The van der Waals surface area contributed by atoms with Gasteiger partial charge in [0.1, 0.15) is 19.3 Å². The van der Waals surface area contributed by atoms with E-state index < -0.39 is 97.5 Å². The molecule has 7 atom stereocenters. The summed E-state index contributed by atoms with van der Waals surface area (Å²) in [7, 11) is -9.89. The van der Waals surface area contributed by atoms with Gasteiger partial charge in [-0.25, -0.2) is 9.13 Å². The van der Waals surface area contributed by atoms with Crippen molar-refractivity contribution in [3.8, 4) is 0 Å². The molecule has 0 radical (unpaired) electrons. The van der Waals surface area contributed by atoms with Crippen molar-refractivity contribution in [3.05, 3.63) is 0 Å². The number of carbonyl (C=O) groups excluding carboxylic acids is 4. The third-order valence-corrected chi connectivity index (χ3v) is 18.3. The average molecular weight is 1280 g/mol. The van der Waals surface area contributed by atoms with E-state index in [0.29, 0.717) is 25.7 Å². The van der Waals surface area contributed by atoms with Gasteiger partial charge in [0.2, 0.25) is 0 Å². The van der Waals surface area contributed by atoms with Gasteiger partial charge in [-0.05, 0) is 37.5 Å². The number of phosphoric acid groups is 2. The zero-order valence-corrected chi connectivity index (χ0v) is 58.1. The molecule has 0 heterocycles. The van der Waals surface area contributed by atoms with E-state index in [1.807, 2.05) is 0 Å². The molecule has 0 aromatic heterocycles. The summed E-state index contributed by atoms with van der Waals surface area (Å²) in [5.41, 5.74) is 0. The first-order chi connectivity index (χ1) is 41.9. The van der Waals surface area contributed by atoms with Crippen LogP contribution in [0, 0.1) is 11.8 Å². The molecule has 0 rings (SSSR count). The van der Waals surface area contributed by atoms with Crippen molar-refractivity contribution in [1.29, 1.82) is 0 Å². The molecule has 0 aliphatic rings. The van der Waals surface area contributed by atoms with Crippen LogP contribution in [0.5, 0.6) is 0 Å². The lowest BCUT2D eigenvalue weighted by Gasteiger charge is -2.21. The topological polar surface area (TPSA) is 237 Å². The molecule has 0 fully saturated rings. The van der Waals surface area contributed by atoms with Gasteiger partial charge in [-0.1, -0.05) is 292 Å². The molecule has 0 aromatic rings. The molecule has 0 aromatic carbocycles. The Morgan fingerprint density at radius 2 is 0.552 bits per heavy atom. The van der Waals surface area contributed by atoms with E-state index in [1.165, 1.54) is 148 Å². The highest BCUT2D eigenvalue weighted by Gasteiger charge is 2.30. The molecule has 87 heavy (non-hydrogen) atoms. The van der Waals surface area contributed by atoms with Gasteiger partial charge in [0.25, 0.3) is 0 Å². The maximum absolute atomic E-state index is 13.0. The second kappa shape index (κ2) is 60.3. The second-order valence-corrected chi connectivity index (χ2v) is 28.0. The number of aliphatic hydroxyl groups is 1. The number of phosphoric ester groups is 2. The molecule has 3 N–H and O–H groups in total. The lowest BCUT2D eigenvalue weighted by atomic mass is 9.99. The lowest BCUT2D eigenvalue weighted by molar-refractivity contribution is -0.161. The van der Waals surface area contributed by atoms with Crippen molar-refractivity contribution < 1.29 is 80.2 Å². The number of hydrogen-bond donors (Lipinski definition) is 3. The van der Waals surface area contributed by atoms with E-state index in [2.05, 4.69) is 41.5 Å². The van der Waals surface area contributed by atoms with Crippen molar-refractivity contribution >= 4 is 39.5 Å². The fraction of sp³-hybridized carbons (Fsp3) is 0.941. The maximum Gasteiger partial charge on any atom is 0.472 e. The first-order valence-corrected chi connectivity index (χ1v) is 38.6. The third-order valence-electron chi connectivity index (χ3n) is 16.4. The van der Waals surface area contributed by atoms with E-state index >= 15 is 0 Å². The molecular formula is C68H132O17P2. The molecule has 4 unspecified atom stereocenters. The van der Waals surface area contributed by atoms with Gasteiger partial charge in [-0.3, -0.25) is 37.3 Å². The van der Waals surface area contributed by atoms with Gasteiger partial charge >= 0.3 is 39.5 Å². The molecular weight excluding hydrogens is 1150 g/mol. The minimum absolute atomic E-state index is 0.103. The van der Waals surface area contributed by atoms with E-state index in [4.69, 9.17) is 37.0 Å². The van der Waals surface area contributed by atoms with Crippen molar-refractivity contribution in [2.24, 2.45) is 11.8 Å². The number of ether oxygens (including phenoxy) is 4. The first kappa shape index (κ1) is 85.1. The Morgan fingerprint density at radius 3 is 0.816 bits per heavy atom. The summed E-state index contributed by atoms with van der Waals surface area (Å²) in [6.45, 7) is 9.44. The Hall–Kier alpha value is -1.94. The van der Waals surface area contributed by atoms with Crippen molar-refractivity contribution in [1.82, 2.24) is 0 Å². The quantitative estimate of drug-likeness (QED) is 0.0222. The Balaban J connectivity index is 5.19. The largest absolute Gasteiger partial charge is 0.472 e. The molecule has 0 saturated carbocycles. The molecule has 0 aliphatic carbocycles. The SMILES string of the molecule is CCCCCCCCCCCCCCCCCCCCC(=O)O[C@H](COC(=O)CCCCCCCCCCC(C)CC)COP(=O)(O)OC[C@@H](O)COP(=O)(O)OC[C@@H](COC(=O)CCCCCCCCC)OC(=O)CCCCCCCCC(C)CC. The zero-order chi connectivity index (χ0) is 64.3. The number of esters is 4. The third kappa shape index (κ3) is 60.1. The van der Waals surface area contributed by atoms with E-state index in [9.17, 15) is 43.2 Å². The summed E-state index contributed by atoms with van der Waals surface area (Å²) < 4.78 is 68.1. The van der Waals surface area contributed by atoms with Gasteiger partial charge < -0.3 is 33.8 Å². The highest BCUT2D eigenvalue weighted by Crippen LogP contribution is 2.45. The predicted molar refractivity (Wildman–Crippen MR) is 349 cm³/mol. The van der Waals surface area contributed by atoms with Crippen LogP contribution in [0.15, 0.2) is 0 Å². The smallest absolute Gasteiger partial charge is 0.462 e. The number of aliphatic hydroxyl groups excluding tert-OH is 1. The fourth-order valence-corrected chi connectivity index (χ4v) is 11.8. The monoisotopic (exact) mass is 1280 g/mol. The summed E-state index contributed by atoms with van der Waals surface area (Å²) in [6, 6.07) is 0. The van der Waals surface area contributed by atoms with Gasteiger partial charge in [-0.2, -0.15) is 0 Å². The molecule has 0 saturated heterocycles. The van der Waals surface area contributed by atoms with Crippen LogP contribution in [0.2, 0.25) is 0 Å². The summed E-state index contributed by atoms with van der Waals surface area (Å²) >= 11 is 0. The molecule has 516 valence electrons. The fourth-order valence-electron chi connectivity index (χ4n) is 10.2. The number of rotatable bonds is 67. The Morgan fingerprint density at radius 1 is 0.322 bits per heavy atom. The van der Waals surface area contributed by atoms with Crippen LogP contribution in [0.3, 0.4) is 0 Å². The van der Waals surface area contributed by atoms with Crippen molar-refractivity contribution in [2.45, 2.75) is 362 Å². The van der Waals surface area contributed by atoms with E-state index in [1.54, 1.807) is 0 Å². The zero-order valence-electron chi connectivity index (χ0n) is 56.3. The number of unbranched alkanes of at least 4 members (excludes halogenated alkanes) is 35. The Kier molecular flexibility index (Phi) is 59.0. The average Bonchev–Trinajstić information content (AvgIpc) is 3.71.